The largest absolute Gasteiger partial charge is 0.372 e. The maximum Gasteiger partial charge on any atom is 0.246 e. The van der Waals surface area contributed by atoms with Crippen molar-refractivity contribution in [1.29, 1.82) is 0 Å². The molecular weight excluding hydrogens is 330 g/mol. The number of pyridine rings is 1. The van der Waals surface area contributed by atoms with Crippen molar-refractivity contribution in [3.63, 3.8) is 0 Å². The molecule has 1 rings (SSSR count). The van der Waals surface area contributed by atoms with E-state index < -0.39 is 10.0 Å². The van der Waals surface area contributed by atoms with Gasteiger partial charge in [-0.25, -0.2) is 13.4 Å². The topological polar surface area (TPSA) is 62.3 Å². The van der Waals surface area contributed by atoms with Crippen molar-refractivity contribution in [2.75, 3.05) is 25.5 Å². The van der Waals surface area contributed by atoms with Crippen molar-refractivity contribution in [3.05, 3.63) is 16.7 Å². The predicted octanol–water partition coefficient (Wildman–Crippen LogP) is 2.70. The maximum atomic E-state index is 12.6. The summed E-state index contributed by atoms with van der Waals surface area (Å²) in [7, 11) is -1.85. The van der Waals surface area contributed by atoms with Gasteiger partial charge >= 0.3 is 0 Å². The fourth-order valence-corrected chi connectivity index (χ4v) is 3.87. The average molecular weight is 350 g/mol. The maximum absolute atomic E-state index is 12.6. The Kier molecular flexibility index (Phi) is 6.22. The van der Waals surface area contributed by atoms with E-state index in [1.54, 1.807) is 19.3 Å². The number of hydrogen-bond acceptors (Lipinski definition) is 4. The molecule has 0 amide bonds. The van der Waals surface area contributed by atoms with Crippen molar-refractivity contribution in [2.45, 2.75) is 31.6 Å². The lowest BCUT2D eigenvalue weighted by Gasteiger charge is -2.21. The lowest BCUT2D eigenvalue weighted by molar-refractivity contribution is 0.419. The minimum absolute atomic E-state index is 0.210. The molecule has 1 heterocycles. The van der Waals surface area contributed by atoms with Crippen LogP contribution >= 0.6 is 15.9 Å². The molecule has 0 aromatic carbocycles. The zero-order valence-electron chi connectivity index (χ0n) is 11.5. The van der Waals surface area contributed by atoms with Gasteiger partial charge in [-0.05, 0) is 28.4 Å². The Morgan fingerprint density at radius 2 is 2.11 bits per heavy atom. The van der Waals surface area contributed by atoms with Gasteiger partial charge in [-0.1, -0.05) is 20.3 Å². The molecule has 5 nitrogen and oxygen atoms in total. The summed E-state index contributed by atoms with van der Waals surface area (Å²) in [5.41, 5.74) is 0. The second kappa shape index (κ2) is 7.21. The van der Waals surface area contributed by atoms with Gasteiger partial charge in [0.15, 0.2) is 0 Å². The molecule has 7 heteroatoms. The van der Waals surface area contributed by atoms with Gasteiger partial charge in [-0.15, -0.1) is 0 Å². The van der Waals surface area contributed by atoms with Crippen LogP contribution < -0.4 is 5.32 Å². The second-order valence-corrected chi connectivity index (χ2v) is 6.92. The van der Waals surface area contributed by atoms with E-state index in [0.29, 0.717) is 23.4 Å². The average Bonchev–Trinajstić information content (AvgIpc) is 2.39. The lowest BCUT2D eigenvalue weighted by Crippen LogP contribution is -2.32. The monoisotopic (exact) mass is 349 g/mol. The summed E-state index contributed by atoms with van der Waals surface area (Å²) < 4.78 is 27.4. The van der Waals surface area contributed by atoms with Gasteiger partial charge in [0.1, 0.15) is 10.7 Å². The molecule has 0 saturated heterocycles. The van der Waals surface area contributed by atoms with Crippen LogP contribution in [0.15, 0.2) is 21.6 Å². The van der Waals surface area contributed by atoms with Gasteiger partial charge in [0.2, 0.25) is 10.0 Å². The van der Waals surface area contributed by atoms with Gasteiger partial charge < -0.3 is 5.32 Å². The molecule has 19 heavy (non-hydrogen) atoms. The summed E-state index contributed by atoms with van der Waals surface area (Å²) in [6, 6.07) is 1.59. The van der Waals surface area contributed by atoms with E-state index in [-0.39, 0.29) is 4.90 Å². The number of hydrogen-bond donors (Lipinski definition) is 1. The first-order valence-electron chi connectivity index (χ1n) is 6.30. The third kappa shape index (κ3) is 3.90. The Morgan fingerprint density at radius 1 is 1.42 bits per heavy atom. The molecule has 1 aromatic rings. The third-order valence-electron chi connectivity index (χ3n) is 2.79. The molecule has 0 spiro atoms. The molecule has 0 bridgehead atoms. The SMILES string of the molecule is CCCCN(CC)S(=O)(=O)c1cc(Br)cnc1NC. The molecule has 0 fully saturated rings. The van der Waals surface area contributed by atoms with Crippen LogP contribution in [0, 0.1) is 0 Å². The van der Waals surface area contributed by atoms with Crippen molar-refractivity contribution < 1.29 is 8.42 Å². The molecule has 0 unspecified atom stereocenters. The van der Waals surface area contributed by atoms with Crippen molar-refractivity contribution >= 4 is 31.8 Å². The number of aromatic nitrogens is 1. The first-order chi connectivity index (χ1) is 8.97. The Bertz CT molecular complexity index is 520. The summed E-state index contributed by atoms with van der Waals surface area (Å²) in [6.45, 7) is 4.88. The van der Waals surface area contributed by atoms with Crippen LogP contribution in [0.4, 0.5) is 5.82 Å². The molecule has 0 atom stereocenters. The van der Waals surface area contributed by atoms with Gasteiger partial charge in [0.05, 0.1) is 0 Å². The van der Waals surface area contributed by atoms with E-state index in [1.807, 2.05) is 13.8 Å². The molecule has 108 valence electrons. The van der Waals surface area contributed by atoms with Crippen LogP contribution in [0.1, 0.15) is 26.7 Å². The minimum Gasteiger partial charge on any atom is -0.372 e. The first-order valence-corrected chi connectivity index (χ1v) is 8.54. The van der Waals surface area contributed by atoms with Crippen LogP contribution in [-0.4, -0.2) is 37.8 Å². The minimum atomic E-state index is -3.51. The van der Waals surface area contributed by atoms with Crippen molar-refractivity contribution in [1.82, 2.24) is 9.29 Å². The van der Waals surface area contributed by atoms with Crippen LogP contribution in [0.5, 0.6) is 0 Å². The van der Waals surface area contributed by atoms with Gasteiger partial charge in [-0.3, -0.25) is 0 Å². The highest BCUT2D eigenvalue weighted by Gasteiger charge is 2.26. The van der Waals surface area contributed by atoms with Crippen molar-refractivity contribution in [2.24, 2.45) is 0 Å². The summed E-state index contributed by atoms with van der Waals surface area (Å²) in [5.74, 6) is 0.373. The van der Waals surface area contributed by atoms with E-state index in [0.717, 1.165) is 12.8 Å². The summed E-state index contributed by atoms with van der Waals surface area (Å²) in [6.07, 6.45) is 3.39. The van der Waals surface area contributed by atoms with E-state index in [9.17, 15) is 8.42 Å². The Labute approximate surface area is 123 Å². The van der Waals surface area contributed by atoms with Crippen molar-refractivity contribution in [3.8, 4) is 0 Å². The van der Waals surface area contributed by atoms with Gasteiger partial charge in [-0.2, -0.15) is 4.31 Å². The highest BCUT2D eigenvalue weighted by molar-refractivity contribution is 9.10. The standard InChI is InChI=1S/C12H20BrN3O2S/c1-4-6-7-16(5-2)19(17,18)11-8-10(13)9-15-12(11)14-3/h8-9H,4-7H2,1-3H3,(H,14,15). The second-order valence-electron chi connectivity index (χ2n) is 4.10. The zero-order chi connectivity index (χ0) is 14.5. The first kappa shape index (κ1) is 16.4. The zero-order valence-corrected chi connectivity index (χ0v) is 13.9. The Morgan fingerprint density at radius 3 is 2.63 bits per heavy atom. The quantitative estimate of drug-likeness (QED) is 0.821. The molecule has 1 N–H and O–H groups in total. The van der Waals surface area contributed by atoms with E-state index in [2.05, 4.69) is 26.2 Å². The number of sulfonamides is 1. The number of rotatable bonds is 7. The highest BCUT2D eigenvalue weighted by Crippen LogP contribution is 2.25. The fraction of sp³-hybridized carbons (Fsp3) is 0.583. The summed E-state index contributed by atoms with van der Waals surface area (Å²) in [4.78, 5) is 4.31. The smallest absolute Gasteiger partial charge is 0.246 e. The highest BCUT2D eigenvalue weighted by atomic mass is 79.9. The van der Waals surface area contributed by atoms with Gasteiger partial charge in [0, 0.05) is 30.8 Å². The normalized spacial score (nSPS) is 11.8. The number of unbranched alkanes of at least 4 members (excludes halogenated alkanes) is 1. The molecule has 1 aromatic heterocycles. The van der Waals surface area contributed by atoms with Crippen LogP contribution in [0.25, 0.3) is 0 Å². The van der Waals surface area contributed by atoms with Gasteiger partial charge in [0.25, 0.3) is 0 Å². The number of nitrogens with zero attached hydrogens (tertiary/aromatic N) is 2. The molecule has 0 aliphatic carbocycles. The Hall–Kier alpha value is -0.660. The van der Waals surface area contributed by atoms with E-state index in [1.165, 1.54) is 4.31 Å². The summed E-state index contributed by atoms with van der Waals surface area (Å²) in [5, 5.41) is 2.83. The van der Waals surface area contributed by atoms with Crippen LogP contribution in [-0.2, 0) is 10.0 Å². The predicted molar refractivity (Wildman–Crippen MR) is 80.8 cm³/mol. The van der Waals surface area contributed by atoms with E-state index in [4.69, 9.17) is 0 Å². The molecule has 0 saturated carbocycles. The van der Waals surface area contributed by atoms with Crippen LogP contribution in [0.2, 0.25) is 0 Å². The van der Waals surface area contributed by atoms with E-state index >= 15 is 0 Å². The van der Waals surface area contributed by atoms with Crippen LogP contribution in [0.3, 0.4) is 0 Å². The Balaban J connectivity index is 3.20. The number of anilines is 1. The molecule has 0 aliphatic rings. The number of halogens is 1. The number of nitrogens with one attached hydrogen (secondary N) is 1. The molecular formula is C12H20BrN3O2S. The molecule has 0 radical (unpaired) electrons. The lowest BCUT2D eigenvalue weighted by atomic mass is 10.3. The molecule has 0 aliphatic heterocycles. The fourth-order valence-electron chi connectivity index (χ4n) is 1.73. The third-order valence-corrected chi connectivity index (χ3v) is 5.21. The summed E-state index contributed by atoms with van der Waals surface area (Å²) >= 11 is 3.27.